The Morgan fingerprint density at radius 1 is 1.32 bits per heavy atom. The molecular formula is C13H18N2O3S. The molecule has 0 spiro atoms. The van der Waals surface area contributed by atoms with Crippen molar-refractivity contribution in [2.75, 3.05) is 13.1 Å². The van der Waals surface area contributed by atoms with Gasteiger partial charge in [-0.05, 0) is 31.9 Å². The number of carbonyl (C=O) groups excluding carboxylic acids is 1. The van der Waals surface area contributed by atoms with Gasteiger partial charge in [0.15, 0.2) is 5.78 Å². The summed E-state index contributed by atoms with van der Waals surface area (Å²) in [5.41, 5.74) is 0.402. The van der Waals surface area contributed by atoms with Crippen molar-refractivity contribution in [1.82, 2.24) is 10.0 Å². The number of hydrogen-bond donors (Lipinski definition) is 2. The van der Waals surface area contributed by atoms with E-state index in [2.05, 4.69) is 10.0 Å². The Hall–Kier alpha value is -1.24. The van der Waals surface area contributed by atoms with Crippen molar-refractivity contribution >= 4 is 15.8 Å². The lowest BCUT2D eigenvalue weighted by Gasteiger charge is -2.08. The third-order valence-corrected chi connectivity index (χ3v) is 4.44. The third kappa shape index (κ3) is 4.12. The van der Waals surface area contributed by atoms with Crippen LogP contribution in [0.5, 0.6) is 0 Å². The minimum absolute atomic E-state index is 0.131. The van der Waals surface area contributed by atoms with E-state index in [1.54, 1.807) is 12.1 Å². The minimum Gasteiger partial charge on any atom is -0.313 e. The lowest BCUT2D eigenvalue weighted by Crippen LogP contribution is -2.32. The summed E-state index contributed by atoms with van der Waals surface area (Å²) in [7, 11) is -3.54. The van der Waals surface area contributed by atoms with Crippen LogP contribution in [0.15, 0.2) is 29.2 Å². The first kappa shape index (κ1) is 14.2. The summed E-state index contributed by atoms with van der Waals surface area (Å²) in [6.45, 7) is 2.39. The summed E-state index contributed by atoms with van der Waals surface area (Å²) in [5, 5.41) is 3.23. The number of rotatable bonds is 7. The number of ketones is 1. The van der Waals surface area contributed by atoms with Crippen LogP contribution in [0.1, 0.15) is 30.1 Å². The maximum Gasteiger partial charge on any atom is 0.240 e. The van der Waals surface area contributed by atoms with Gasteiger partial charge in [-0.25, -0.2) is 13.1 Å². The fraction of sp³-hybridized carbons (Fsp3) is 0.462. The van der Waals surface area contributed by atoms with Gasteiger partial charge in [-0.3, -0.25) is 4.79 Å². The molecule has 1 aromatic carbocycles. The second-order valence-electron chi connectivity index (χ2n) is 4.71. The monoisotopic (exact) mass is 282 g/mol. The highest BCUT2D eigenvalue weighted by atomic mass is 32.2. The van der Waals surface area contributed by atoms with Crippen LogP contribution >= 0.6 is 0 Å². The van der Waals surface area contributed by atoms with Crippen LogP contribution < -0.4 is 10.0 Å². The lowest BCUT2D eigenvalue weighted by molar-refractivity contribution is 0.101. The molecule has 0 amide bonds. The molecule has 1 aromatic rings. The summed E-state index contributed by atoms with van der Waals surface area (Å²) >= 11 is 0. The van der Waals surface area contributed by atoms with Crippen LogP contribution in [0.2, 0.25) is 0 Å². The molecule has 104 valence electrons. The molecule has 2 N–H and O–H groups in total. The van der Waals surface area contributed by atoms with Crippen LogP contribution in [0.4, 0.5) is 0 Å². The van der Waals surface area contributed by atoms with Crippen molar-refractivity contribution in [3.05, 3.63) is 29.8 Å². The van der Waals surface area contributed by atoms with Gasteiger partial charge in [0.2, 0.25) is 10.0 Å². The van der Waals surface area contributed by atoms with E-state index in [1.807, 2.05) is 0 Å². The van der Waals surface area contributed by atoms with Gasteiger partial charge in [-0.15, -0.1) is 0 Å². The Morgan fingerprint density at radius 2 is 2.05 bits per heavy atom. The zero-order chi connectivity index (χ0) is 13.9. The maximum absolute atomic E-state index is 12.0. The Kier molecular flexibility index (Phi) is 4.34. The second-order valence-corrected chi connectivity index (χ2v) is 6.48. The van der Waals surface area contributed by atoms with Gasteiger partial charge < -0.3 is 5.32 Å². The molecule has 0 aromatic heterocycles. The van der Waals surface area contributed by atoms with Crippen molar-refractivity contribution in [2.24, 2.45) is 0 Å². The molecule has 0 saturated heterocycles. The van der Waals surface area contributed by atoms with Crippen molar-refractivity contribution in [1.29, 1.82) is 0 Å². The first-order chi connectivity index (χ1) is 8.99. The molecule has 1 fully saturated rings. The minimum atomic E-state index is -3.54. The average molecular weight is 282 g/mol. The van der Waals surface area contributed by atoms with E-state index >= 15 is 0 Å². The largest absolute Gasteiger partial charge is 0.313 e. The van der Waals surface area contributed by atoms with Crippen LogP contribution in [-0.4, -0.2) is 33.3 Å². The molecular weight excluding hydrogens is 264 g/mol. The van der Waals surface area contributed by atoms with E-state index in [0.717, 1.165) is 0 Å². The number of Topliss-reactive ketones (excluding diaryl/α,β-unsaturated/α-hetero) is 1. The average Bonchev–Trinajstić information content (AvgIpc) is 3.19. The molecule has 0 radical (unpaired) electrons. The predicted molar refractivity (Wildman–Crippen MR) is 72.7 cm³/mol. The van der Waals surface area contributed by atoms with E-state index in [4.69, 9.17) is 0 Å². The molecule has 0 atom stereocenters. The van der Waals surface area contributed by atoms with Gasteiger partial charge in [0.25, 0.3) is 0 Å². The van der Waals surface area contributed by atoms with Gasteiger partial charge in [-0.1, -0.05) is 12.1 Å². The first-order valence-electron chi connectivity index (χ1n) is 6.33. The normalized spacial score (nSPS) is 15.4. The van der Waals surface area contributed by atoms with Crippen molar-refractivity contribution in [3.8, 4) is 0 Å². The molecule has 5 nitrogen and oxygen atoms in total. The zero-order valence-electron chi connectivity index (χ0n) is 10.8. The summed E-state index contributed by atoms with van der Waals surface area (Å²) in [5.74, 6) is -0.146. The molecule has 0 unspecified atom stereocenters. The Bertz CT molecular complexity index is 565. The molecule has 1 aliphatic carbocycles. The molecule has 1 aliphatic rings. The second kappa shape index (κ2) is 5.81. The quantitative estimate of drug-likeness (QED) is 0.576. The number of nitrogens with one attached hydrogen (secondary N) is 2. The topological polar surface area (TPSA) is 75.3 Å². The molecule has 0 heterocycles. The van der Waals surface area contributed by atoms with Gasteiger partial charge in [0.1, 0.15) is 0 Å². The van der Waals surface area contributed by atoms with E-state index in [9.17, 15) is 13.2 Å². The maximum atomic E-state index is 12.0. The number of carbonyl (C=O) groups is 1. The highest BCUT2D eigenvalue weighted by Crippen LogP contribution is 2.18. The van der Waals surface area contributed by atoms with Crippen LogP contribution in [0, 0.1) is 0 Å². The smallest absolute Gasteiger partial charge is 0.240 e. The van der Waals surface area contributed by atoms with E-state index in [1.165, 1.54) is 31.9 Å². The van der Waals surface area contributed by atoms with Gasteiger partial charge in [0, 0.05) is 24.7 Å². The van der Waals surface area contributed by atoms with E-state index in [-0.39, 0.29) is 10.7 Å². The third-order valence-electron chi connectivity index (χ3n) is 2.98. The van der Waals surface area contributed by atoms with Crippen LogP contribution in [0.25, 0.3) is 0 Å². The highest BCUT2D eigenvalue weighted by molar-refractivity contribution is 7.89. The zero-order valence-corrected chi connectivity index (χ0v) is 11.7. The summed E-state index contributed by atoms with van der Waals surface area (Å²) < 4.78 is 26.6. The predicted octanol–water partition coefficient (Wildman–Crippen LogP) is 0.919. The van der Waals surface area contributed by atoms with E-state index < -0.39 is 10.0 Å². The molecule has 2 rings (SSSR count). The molecule has 1 saturated carbocycles. The van der Waals surface area contributed by atoms with E-state index in [0.29, 0.717) is 24.7 Å². The van der Waals surface area contributed by atoms with Gasteiger partial charge in [0.05, 0.1) is 4.90 Å². The standard InChI is InChI=1S/C13H18N2O3S/c1-10(16)11-3-2-4-13(9-11)19(17,18)15-8-7-14-12-5-6-12/h2-4,9,12,14-15H,5-8H2,1H3. The number of benzene rings is 1. The summed E-state index contributed by atoms with van der Waals surface area (Å²) in [6.07, 6.45) is 2.35. The fourth-order valence-corrected chi connectivity index (χ4v) is 2.79. The Balaban J connectivity index is 1.97. The summed E-state index contributed by atoms with van der Waals surface area (Å²) in [6, 6.07) is 6.64. The van der Waals surface area contributed by atoms with Gasteiger partial charge >= 0.3 is 0 Å². The van der Waals surface area contributed by atoms with Crippen LogP contribution in [-0.2, 0) is 10.0 Å². The first-order valence-corrected chi connectivity index (χ1v) is 7.81. The molecule has 0 bridgehead atoms. The van der Waals surface area contributed by atoms with Crippen molar-refractivity contribution < 1.29 is 13.2 Å². The summed E-state index contributed by atoms with van der Waals surface area (Å²) in [4.78, 5) is 11.4. The lowest BCUT2D eigenvalue weighted by atomic mass is 10.2. The fourth-order valence-electron chi connectivity index (χ4n) is 1.71. The number of hydrogen-bond acceptors (Lipinski definition) is 4. The molecule has 19 heavy (non-hydrogen) atoms. The van der Waals surface area contributed by atoms with Crippen molar-refractivity contribution in [2.45, 2.75) is 30.7 Å². The Morgan fingerprint density at radius 3 is 2.68 bits per heavy atom. The Labute approximate surface area is 113 Å². The van der Waals surface area contributed by atoms with Crippen molar-refractivity contribution in [3.63, 3.8) is 0 Å². The molecule has 6 heteroatoms. The van der Waals surface area contributed by atoms with Gasteiger partial charge in [-0.2, -0.15) is 0 Å². The van der Waals surface area contributed by atoms with Crippen LogP contribution in [0.3, 0.4) is 0 Å². The SMILES string of the molecule is CC(=O)c1cccc(S(=O)(=O)NCCNC2CC2)c1. The number of sulfonamides is 1. The highest BCUT2D eigenvalue weighted by Gasteiger charge is 2.20. The molecule has 0 aliphatic heterocycles.